The van der Waals surface area contributed by atoms with Crippen molar-refractivity contribution >= 4 is 5.91 Å². The van der Waals surface area contributed by atoms with Crippen LogP contribution >= 0.6 is 0 Å². The van der Waals surface area contributed by atoms with Crippen molar-refractivity contribution in [1.29, 1.82) is 0 Å². The zero-order valence-corrected chi connectivity index (χ0v) is 12.3. The molecule has 1 atom stereocenters. The minimum absolute atomic E-state index is 0.0342. The molecule has 0 aliphatic carbocycles. The van der Waals surface area contributed by atoms with E-state index in [1.165, 1.54) is 19.2 Å². The normalized spacial score (nSPS) is 19.4. The molecule has 116 valence electrons. The third-order valence-electron chi connectivity index (χ3n) is 4.30. The Bertz CT molecular complexity index is 528. The summed E-state index contributed by atoms with van der Waals surface area (Å²) in [4.78, 5) is 17.3. The molecule has 1 aromatic heterocycles. The molecule has 0 saturated carbocycles. The van der Waals surface area contributed by atoms with Gasteiger partial charge in [0.1, 0.15) is 11.9 Å². The van der Waals surface area contributed by atoms with Crippen molar-refractivity contribution in [2.24, 2.45) is 0 Å². The lowest BCUT2D eigenvalue weighted by Crippen LogP contribution is -2.43. The predicted octanol–water partition coefficient (Wildman–Crippen LogP) is 1.15. The molecule has 6 heteroatoms. The van der Waals surface area contributed by atoms with E-state index in [-0.39, 0.29) is 11.5 Å². The van der Waals surface area contributed by atoms with Crippen LogP contribution in [0.2, 0.25) is 0 Å². The molecule has 0 bridgehead atoms. The van der Waals surface area contributed by atoms with Crippen molar-refractivity contribution in [1.82, 2.24) is 9.88 Å². The summed E-state index contributed by atoms with van der Waals surface area (Å²) in [6, 6.07) is 1.23. The summed E-state index contributed by atoms with van der Waals surface area (Å²) in [7, 11) is 0. The molecule has 1 saturated heterocycles. The van der Waals surface area contributed by atoms with Gasteiger partial charge >= 0.3 is 0 Å². The lowest BCUT2D eigenvalue weighted by Gasteiger charge is -2.38. The zero-order valence-electron chi connectivity index (χ0n) is 12.3. The number of pyridine rings is 1. The van der Waals surface area contributed by atoms with Crippen LogP contribution in [0.5, 0.6) is 0 Å². The number of carbonyl (C=O) groups excluding carboxylic acids is 1. The van der Waals surface area contributed by atoms with Crippen LogP contribution in [0.3, 0.4) is 0 Å². The highest BCUT2D eigenvalue weighted by atomic mass is 19.1. The largest absolute Gasteiger partial charge is 0.393 e. The molecule has 2 heterocycles. The summed E-state index contributed by atoms with van der Waals surface area (Å²) in [5.41, 5.74) is 0.210. The van der Waals surface area contributed by atoms with Crippen molar-refractivity contribution in [2.75, 3.05) is 19.7 Å². The number of hydrogen-bond acceptors (Lipinski definition) is 4. The van der Waals surface area contributed by atoms with Crippen LogP contribution in [0, 0.1) is 5.82 Å². The van der Waals surface area contributed by atoms with Crippen LogP contribution in [-0.4, -0.2) is 45.7 Å². The number of amides is 1. The highest BCUT2D eigenvalue weighted by Crippen LogP contribution is 2.35. The number of nitrogens with zero attached hydrogens (tertiary/aromatic N) is 2. The van der Waals surface area contributed by atoms with E-state index in [1.54, 1.807) is 4.90 Å². The Hall–Kier alpha value is -1.53. The fourth-order valence-electron chi connectivity index (χ4n) is 2.74. The topological polar surface area (TPSA) is 73.7 Å². The molecule has 2 N–H and O–H groups in total. The Morgan fingerprint density at radius 1 is 1.52 bits per heavy atom. The number of aliphatic hydroxyl groups is 2. The Kier molecular flexibility index (Phi) is 4.58. The van der Waals surface area contributed by atoms with Gasteiger partial charge in [-0.1, -0.05) is 6.92 Å². The van der Waals surface area contributed by atoms with Gasteiger partial charge in [0.2, 0.25) is 5.91 Å². The van der Waals surface area contributed by atoms with Gasteiger partial charge in [0.25, 0.3) is 0 Å². The number of aromatic nitrogens is 1. The maximum absolute atomic E-state index is 14.3. The van der Waals surface area contributed by atoms with Gasteiger partial charge in [0.05, 0.1) is 12.3 Å². The molecular weight excluding hydrogens is 275 g/mol. The number of hydrogen-bond donors (Lipinski definition) is 2. The first kappa shape index (κ1) is 15.9. The molecule has 0 radical (unpaired) electrons. The van der Waals surface area contributed by atoms with Gasteiger partial charge in [-0.25, -0.2) is 4.39 Å². The molecule has 21 heavy (non-hydrogen) atoms. The van der Waals surface area contributed by atoms with Crippen LogP contribution < -0.4 is 0 Å². The number of piperidine rings is 1. The molecule has 5 nitrogen and oxygen atoms in total. The summed E-state index contributed by atoms with van der Waals surface area (Å²) in [5, 5.41) is 18.4. The van der Waals surface area contributed by atoms with E-state index in [9.17, 15) is 14.3 Å². The third-order valence-corrected chi connectivity index (χ3v) is 4.30. The Balaban J connectivity index is 2.20. The standard InChI is InChI=1S/C15H21FN2O3/c1-10(20)18-5-3-15(2,4-6-18)14-12(16)7-11(8-17-14)13(21)9-19/h7-8,13,19,21H,3-6,9H2,1-2H3. The van der Waals surface area contributed by atoms with Gasteiger partial charge in [-0.05, 0) is 18.9 Å². The lowest BCUT2D eigenvalue weighted by molar-refractivity contribution is -0.130. The molecule has 0 spiro atoms. The second-order valence-corrected chi connectivity index (χ2v) is 5.86. The molecule has 2 rings (SSSR count). The maximum Gasteiger partial charge on any atom is 0.219 e. The number of rotatable bonds is 3. The maximum atomic E-state index is 14.3. The predicted molar refractivity (Wildman–Crippen MR) is 75.1 cm³/mol. The number of halogens is 1. The first-order chi connectivity index (χ1) is 9.87. The van der Waals surface area contributed by atoms with Crippen molar-refractivity contribution in [2.45, 2.75) is 38.2 Å². The van der Waals surface area contributed by atoms with E-state index in [0.29, 0.717) is 31.6 Å². The van der Waals surface area contributed by atoms with Crippen LogP contribution in [0.1, 0.15) is 44.1 Å². The van der Waals surface area contributed by atoms with E-state index in [4.69, 9.17) is 5.11 Å². The molecule has 0 aromatic carbocycles. The van der Waals surface area contributed by atoms with Gasteiger partial charge in [-0.3, -0.25) is 9.78 Å². The average molecular weight is 296 g/mol. The molecule has 1 aliphatic rings. The van der Waals surface area contributed by atoms with Crippen LogP contribution in [0.25, 0.3) is 0 Å². The summed E-state index contributed by atoms with van der Waals surface area (Å²) >= 11 is 0. The molecule has 1 amide bonds. The number of carbonyl (C=O) groups is 1. The minimum atomic E-state index is -1.12. The lowest BCUT2D eigenvalue weighted by atomic mass is 9.77. The fraction of sp³-hybridized carbons (Fsp3) is 0.600. The van der Waals surface area contributed by atoms with Crippen LogP contribution in [-0.2, 0) is 10.2 Å². The van der Waals surface area contributed by atoms with Crippen molar-refractivity contribution < 1.29 is 19.4 Å². The first-order valence-electron chi connectivity index (χ1n) is 7.08. The Morgan fingerprint density at radius 2 is 2.14 bits per heavy atom. The van der Waals surface area contributed by atoms with Gasteiger partial charge in [-0.15, -0.1) is 0 Å². The molecule has 1 unspecified atom stereocenters. The fourth-order valence-corrected chi connectivity index (χ4v) is 2.74. The molecule has 1 aliphatic heterocycles. The van der Waals surface area contributed by atoms with E-state index < -0.39 is 23.9 Å². The smallest absolute Gasteiger partial charge is 0.219 e. The summed E-state index contributed by atoms with van der Waals surface area (Å²) < 4.78 is 14.3. The van der Waals surface area contributed by atoms with Crippen LogP contribution in [0.4, 0.5) is 4.39 Å². The highest BCUT2D eigenvalue weighted by Gasteiger charge is 2.36. The van der Waals surface area contributed by atoms with E-state index in [0.717, 1.165) is 0 Å². The second-order valence-electron chi connectivity index (χ2n) is 5.86. The van der Waals surface area contributed by atoms with Crippen molar-refractivity contribution in [3.8, 4) is 0 Å². The summed E-state index contributed by atoms with van der Waals surface area (Å²) in [6.07, 6.45) is 1.59. The Labute approximate surface area is 123 Å². The van der Waals surface area contributed by atoms with Gasteiger partial charge in [-0.2, -0.15) is 0 Å². The van der Waals surface area contributed by atoms with Crippen molar-refractivity contribution in [3.63, 3.8) is 0 Å². The quantitative estimate of drug-likeness (QED) is 0.877. The highest BCUT2D eigenvalue weighted by molar-refractivity contribution is 5.73. The van der Waals surface area contributed by atoms with Gasteiger partial charge < -0.3 is 15.1 Å². The van der Waals surface area contributed by atoms with Crippen molar-refractivity contribution in [3.05, 3.63) is 29.3 Å². The van der Waals surface area contributed by atoms with Crippen LogP contribution in [0.15, 0.2) is 12.3 Å². The first-order valence-corrected chi connectivity index (χ1v) is 7.08. The molecular formula is C15H21FN2O3. The molecule has 1 fully saturated rings. The molecule has 1 aromatic rings. The second kappa shape index (κ2) is 6.07. The summed E-state index contributed by atoms with van der Waals surface area (Å²) in [5.74, 6) is -0.439. The van der Waals surface area contributed by atoms with E-state index in [1.807, 2.05) is 6.92 Å². The third kappa shape index (κ3) is 3.22. The Morgan fingerprint density at radius 3 is 2.62 bits per heavy atom. The number of aliphatic hydroxyl groups excluding tert-OH is 2. The number of likely N-dealkylation sites (tertiary alicyclic amines) is 1. The zero-order chi connectivity index (χ0) is 15.6. The SMILES string of the molecule is CC(=O)N1CCC(C)(c2ncc(C(O)CO)cc2F)CC1. The van der Waals surface area contributed by atoms with E-state index >= 15 is 0 Å². The van der Waals surface area contributed by atoms with Gasteiger partial charge in [0.15, 0.2) is 0 Å². The van der Waals surface area contributed by atoms with Gasteiger partial charge in [0, 0.05) is 37.2 Å². The minimum Gasteiger partial charge on any atom is -0.393 e. The monoisotopic (exact) mass is 296 g/mol. The average Bonchev–Trinajstić information content (AvgIpc) is 2.46. The van der Waals surface area contributed by atoms with E-state index in [2.05, 4.69) is 4.98 Å². The summed E-state index contributed by atoms with van der Waals surface area (Å²) in [6.45, 7) is 4.19.